The van der Waals surface area contributed by atoms with Crippen LogP contribution in [0.3, 0.4) is 0 Å². The van der Waals surface area contributed by atoms with E-state index in [0.29, 0.717) is 17.9 Å². The number of methoxy groups -OCH3 is 1. The highest BCUT2D eigenvalue weighted by Gasteiger charge is 2.27. The molecule has 1 unspecified atom stereocenters. The molecule has 0 saturated heterocycles. The molecule has 0 heterocycles. The summed E-state index contributed by atoms with van der Waals surface area (Å²) in [4.78, 5) is 27.5. The molecule has 0 fully saturated rings. The monoisotopic (exact) mass is 489 g/mol. The highest BCUT2D eigenvalue weighted by Crippen LogP contribution is 2.20. The molecule has 0 aliphatic rings. The molecule has 0 aliphatic carbocycles. The summed E-state index contributed by atoms with van der Waals surface area (Å²) < 4.78 is 31.2. The number of benzene rings is 2. The summed E-state index contributed by atoms with van der Waals surface area (Å²) in [5.74, 6) is 0.194. The van der Waals surface area contributed by atoms with Crippen LogP contribution in [0.4, 0.5) is 5.69 Å². The number of para-hydroxylation sites is 1. The van der Waals surface area contributed by atoms with E-state index in [4.69, 9.17) is 4.74 Å². The van der Waals surface area contributed by atoms with Crippen molar-refractivity contribution >= 4 is 27.5 Å². The van der Waals surface area contributed by atoms with Crippen LogP contribution < -0.4 is 14.4 Å². The zero-order valence-corrected chi connectivity index (χ0v) is 21.3. The number of rotatable bonds is 12. The van der Waals surface area contributed by atoms with Crippen molar-refractivity contribution in [3.63, 3.8) is 0 Å². The van der Waals surface area contributed by atoms with Gasteiger partial charge in [0, 0.05) is 25.6 Å². The van der Waals surface area contributed by atoms with E-state index in [0.717, 1.165) is 11.8 Å². The van der Waals surface area contributed by atoms with Crippen molar-refractivity contribution in [3.05, 3.63) is 60.2 Å². The van der Waals surface area contributed by atoms with E-state index in [1.54, 1.807) is 38.3 Å². The number of hydrogen-bond acceptors (Lipinski definition) is 5. The number of anilines is 1. The molecule has 1 atom stereocenters. The van der Waals surface area contributed by atoms with Crippen LogP contribution in [0.5, 0.6) is 5.75 Å². The third-order valence-corrected chi connectivity index (χ3v) is 6.48. The molecule has 2 amide bonds. The molecule has 186 valence electrons. The van der Waals surface area contributed by atoms with E-state index in [2.05, 4.69) is 5.32 Å². The number of sulfonamides is 1. The van der Waals surface area contributed by atoms with Gasteiger partial charge in [0.25, 0.3) is 0 Å². The first kappa shape index (κ1) is 27.2. The smallest absolute Gasteiger partial charge is 0.242 e. The SMILES string of the molecule is COc1cccc(CN(C(=O)CCCN(c2ccccc2)S(C)(=O)=O)C(C)C(=O)NC(C)C)c1. The van der Waals surface area contributed by atoms with E-state index in [-0.39, 0.29) is 37.4 Å². The number of nitrogens with zero attached hydrogens (tertiary/aromatic N) is 2. The number of hydrogen-bond donors (Lipinski definition) is 1. The summed E-state index contributed by atoms with van der Waals surface area (Å²) >= 11 is 0. The average Bonchev–Trinajstić information content (AvgIpc) is 2.79. The predicted octanol–water partition coefficient (Wildman–Crippen LogP) is 3.18. The quantitative estimate of drug-likeness (QED) is 0.494. The highest BCUT2D eigenvalue weighted by molar-refractivity contribution is 7.92. The molecule has 0 aromatic heterocycles. The summed E-state index contributed by atoms with van der Waals surface area (Å²) in [5, 5.41) is 2.86. The molecule has 1 N–H and O–H groups in total. The Hall–Kier alpha value is -3.07. The summed E-state index contributed by atoms with van der Waals surface area (Å²) in [6.07, 6.45) is 1.56. The molecule has 0 bridgehead atoms. The zero-order chi connectivity index (χ0) is 25.3. The van der Waals surface area contributed by atoms with Crippen LogP contribution in [-0.4, -0.2) is 57.1 Å². The van der Waals surface area contributed by atoms with Gasteiger partial charge < -0.3 is 15.0 Å². The first-order chi connectivity index (χ1) is 16.0. The molecule has 2 aromatic rings. The highest BCUT2D eigenvalue weighted by atomic mass is 32.2. The maximum absolute atomic E-state index is 13.2. The number of amides is 2. The second-order valence-electron chi connectivity index (χ2n) is 8.49. The van der Waals surface area contributed by atoms with Gasteiger partial charge in [0.05, 0.1) is 19.1 Å². The largest absolute Gasteiger partial charge is 0.497 e. The first-order valence-corrected chi connectivity index (χ1v) is 13.1. The van der Waals surface area contributed by atoms with E-state index in [1.165, 1.54) is 9.21 Å². The minimum Gasteiger partial charge on any atom is -0.497 e. The van der Waals surface area contributed by atoms with Crippen LogP contribution in [0.25, 0.3) is 0 Å². The van der Waals surface area contributed by atoms with Gasteiger partial charge in [-0.3, -0.25) is 13.9 Å². The van der Waals surface area contributed by atoms with Crippen LogP contribution in [0.1, 0.15) is 39.2 Å². The minimum atomic E-state index is -3.51. The lowest BCUT2D eigenvalue weighted by molar-refractivity contribution is -0.140. The van der Waals surface area contributed by atoms with Gasteiger partial charge in [-0.1, -0.05) is 30.3 Å². The molecular weight excluding hydrogens is 454 g/mol. The van der Waals surface area contributed by atoms with Crippen molar-refractivity contribution in [1.82, 2.24) is 10.2 Å². The predicted molar refractivity (Wildman–Crippen MR) is 134 cm³/mol. The van der Waals surface area contributed by atoms with E-state index >= 15 is 0 Å². The molecule has 8 nitrogen and oxygen atoms in total. The number of carbonyl (C=O) groups is 2. The number of nitrogens with one attached hydrogen (secondary N) is 1. The second kappa shape index (κ2) is 12.4. The Morgan fingerprint density at radius 1 is 1.03 bits per heavy atom. The van der Waals surface area contributed by atoms with Crippen molar-refractivity contribution in [1.29, 1.82) is 0 Å². The molecule has 34 heavy (non-hydrogen) atoms. The molecule has 0 aliphatic heterocycles. The number of carbonyl (C=O) groups excluding carboxylic acids is 2. The van der Waals surface area contributed by atoms with Gasteiger partial charge in [0.1, 0.15) is 11.8 Å². The zero-order valence-electron chi connectivity index (χ0n) is 20.5. The maximum Gasteiger partial charge on any atom is 0.242 e. The van der Waals surface area contributed by atoms with Crippen molar-refractivity contribution in [3.8, 4) is 5.75 Å². The Balaban J connectivity index is 2.17. The van der Waals surface area contributed by atoms with Gasteiger partial charge >= 0.3 is 0 Å². The van der Waals surface area contributed by atoms with Gasteiger partial charge in [-0.15, -0.1) is 0 Å². The Morgan fingerprint density at radius 3 is 2.29 bits per heavy atom. The van der Waals surface area contributed by atoms with Gasteiger partial charge in [-0.05, 0) is 57.0 Å². The molecule has 9 heteroatoms. The van der Waals surface area contributed by atoms with Crippen molar-refractivity contribution in [2.24, 2.45) is 0 Å². The van der Waals surface area contributed by atoms with Gasteiger partial charge in [0.15, 0.2) is 0 Å². The molecule has 0 saturated carbocycles. The van der Waals surface area contributed by atoms with Crippen molar-refractivity contribution in [2.75, 3.05) is 24.2 Å². The lowest BCUT2D eigenvalue weighted by Gasteiger charge is -2.30. The van der Waals surface area contributed by atoms with E-state index in [1.807, 2.05) is 44.2 Å². The third kappa shape index (κ3) is 8.06. The fourth-order valence-electron chi connectivity index (χ4n) is 3.55. The third-order valence-electron chi connectivity index (χ3n) is 5.28. The van der Waals surface area contributed by atoms with Gasteiger partial charge in [0.2, 0.25) is 21.8 Å². The Kier molecular flexibility index (Phi) is 9.92. The Labute approximate surface area is 202 Å². The van der Waals surface area contributed by atoms with Crippen molar-refractivity contribution < 1.29 is 22.7 Å². The Morgan fingerprint density at radius 2 is 1.71 bits per heavy atom. The van der Waals surface area contributed by atoms with Crippen LogP contribution in [0, 0.1) is 0 Å². The summed E-state index contributed by atoms with van der Waals surface area (Å²) in [6.45, 7) is 5.82. The van der Waals surface area contributed by atoms with E-state index in [9.17, 15) is 18.0 Å². The molecule has 0 radical (unpaired) electrons. The maximum atomic E-state index is 13.2. The summed E-state index contributed by atoms with van der Waals surface area (Å²) in [7, 11) is -1.93. The topological polar surface area (TPSA) is 96.0 Å². The normalized spacial score (nSPS) is 12.2. The fraction of sp³-hybridized carbons (Fsp3) is 0.440. The first-order valence-electron chi connectivity index (χ1n) is 11.3. The minimum absolute atomic E-state index is 0.0575. The van der Waals surface area contributed by atoms with Crippen molar-refractivity contribution in [2.45, 2.75) is 52.2 Å². The van der Waals surface area contributed by atoms with Crippen LogP contribution in [0.2, 0.25) is 0 Å². The fourth-order valence-corrected chi connectivity index (χ4v) is 4.52. The summed E-state index contributed by atoms with van der Waals surface area (Å²) in [6, 6.07) is 15.4. The average molecular weight is 490 g/mol. The molecular formula is C25H35N3O5S. The van der Waals surface area contributed by atoms with Crippen LogP contribution in [0.15, 0.2) is 54.6 Å². The standard InChI is InChI=1S/C25H35N3O5S/c1-19(2)26-25(30)20(3)27(18-21-11-9-14-23(17-21)33-4)24(29)15-10-16-28(34(5,31)32)22-12-7-6-8-13-22/h6-9,11-14,17,19-20H,10,15-16,18H2,1-5H3,(H,26,30). The van der Waals surface area contributed by atoms with Gasteiger partial charge in [-0.2, -0.15) is 0 Å². The molecule has 2 rings (SSSR count). The lowest BCUT2D eigenvalue weighted by atomic mass is 10.1. The summed E-state index contributed by atoms with van der Waals surface area (Å²) in [5.41, 5.74) is 1.38. The molecule has 2 aromatic carbocycles. The van der Waals surface area contributed by atoms with Crippen LogP contribution >= 0.6 is 0 Å². The van der Waals surface area contributed by atoms with Crippen LogP contribution in [-0.2, 0) is 26.2 Å². The van der Waals surface area contributed by atoms with E-state index < -0.39 is 16.1 Å². The number of ether oxygens (including phenoxy) is 1. The molecule has 0 spiro atoms. The second-order valence-corrected chi connectivity index (χ2v) is 10.4. The van der Waals surface area contributed by atoms with Gasteiger partial charge in [-0.25, -0.2) is 8.42 Å². The Bertz CT molecular complexity index is 1060. The lowest BCUT2D eigenvalue weighted by Crippen LogP contribution is -2.49.